The summed E-state index contributed by atoms with van der Waals surface area (Å²) in [5.41, 5.74) is -3.67. The molecule has 1 atom stereocenters. The minimum absolute atomic E-state index is 0.00852. The van der Waals surface area contributed by atoms with E-state index in [2.05, 4.69) is 0 Å². The molecule has 2 rings (SSSR count). The van der Waals surface area contributed by atoms with E-state index < -0.39 is 35.1 Å². The van der Waals surface area contributed by atoms with Gasteiger partial charge in [-0.2, -0.15) is 26.3 Å². The van der Waals surface area contributed by atoms with Crippen molar-refractivity contribution in [2.45, 2.75) is 18.5 Å². The van der Waals surface area contributed by atoms with Crippen LogP contribution in [0.5, 0.6) is 17.2 Å². The number of halogens is 6. The Hall–Kier alpha value is -2.62. The first-order chi connectivity index (χ1) is 12.9. The van der Waals surface area contributed by atoms with Crippen molar-refractivity contribution in [3.05, 3.63) is 52.6 Å². The number of methoxy groups -OCH3 is 3. The Labute approximate surface area is 156 Å². The highest BCUT2D eigenvalue weighted by molar-refractivity contribution is 5.55. The zero-order valence-electron chi connectivity index (χ0n) is 14.9. The quantitative estimate of drug-likeness (QED) is 0.718. The zero-order chi connectivity index (χ0) is 21.3. The van der Waals surface area contributed by atoms with E-state index in [0.29, 0.717) is 12.1 Å². The van der Waals surface area contributed by atoms with Crippen molar-refractivity contribution in [1.82, 2.24) is 0 Å². The molecule has 154 valence electrons. The number of hydrogen-bond donors (Lipinski definition) is 1. The lowest BCUT2D eigenvalue weighted by molar-refractivity contribution is -0.143. The average molecular weight is 410 g/mol. The molecule has 1 N–H and O–H groups in total. The lowest BCUT2D eigenvalue weighted by atomic mass is 9.96. The highest BCUT2D eigenvalue weighted by Gasteiger charge is 2.37. The second-order valence-electron chi connectivity index (χ2n) is 5.70. The molecule has 0 saturated carbocycles. The second kappa shape index (κ2) is 7.78. The lowest BCUT2D eigenvalue weighted by Gasteiger charge is -2.20. The lowest BCUT2D eigenvalue weighted by Crippen LogP contribution is -2.13. The van der Waals surface area contributed by atoms with Crippen molar-refractivity contribution in [2.24, 2.45) is 0 Å². The van der Waals surface area contributed by atoms with E-state index in [-0.39, 0.29) is 28.9 Å². The number of ether oxygens (including phenoxy) is 3. The fourth-order valence-electron chi connectivity index (χ4n) is 2.59. The molecule has 0 spiro atoms. The van der Waals surface area contributed by atoms with Gasteiger partial charge >= 0.3 is 12.4 Å². The fraction of sp³-hybridized carbons (Fsp3) is 0.333. The molecule has 0 aromatic heterocycles. The van der Waals surface area contributed by atoms with Crippen LogP contribution in [0.15, 0.2) is 30.3 Å². The topological polar surface area (TPSA) is 47.9 Å². The normalized spacial score (nSPS) is 13.2. The summed E-state index contributed by atoms with van der Waals surface area (Å²) in [6.07, 6.45) is -11.9. The Balaban J connectivity index is 2.64. The van der Waals surface area contributed by atoms with E-state index in [4.69, 9.17) is 14.2 Å². The Morgan fingerprint density at radius 1 is 0.679 bits per heavy atom. The minimum Gasteiger partial charge on any atom is -0.493 e. The maximum Gasteiger partial charge on any atom is 0.416 e. The van der Waals surface area contributed by atoms with Gasteiger partial charge in [0.2, 0.25) is 5.75 Å². The molecule has 4 nitrogen and oxygen atoms in total. The molecule has 0 heterocycles. The Kier molecular flexibility index (Phi) is 6.03. The van der Waals surface area contributed by atoms with Crippen molar-refractivity contribution in [3.63, 3.8) is 0 Å². The summed E-state index contributed by atoms with van der Waals surface area (Å²) in [6.45, 7) is 0. The largest absolute Gasteiger partial charge is 0.493 e. The molecule has 0 amide bonds. The van der Waals surface area contributed by atoms with Gasteiger partial charge in [-0.05, 0) is 41.5 Å². The molecule has 0 aliphatic carbocycles. The van der Waals surface area contributed by atoms with Gasteiger partial charge in [0.25, 0.3) is 0 Å². The maximum atomic E-state index is 13.0. The van der Waals surface area contributed by atoms with Crippen LogP contribution in [0.2, 0.25) is 0 Å². The average Bonchev–Trinajstić information content (AvgIpc) is 2.64. The predicted octanol–water partition coefficient (Wildman–Crippen LogP) is 4.83. The summed E-state index contributed by atoms with van der Waals surface area (Å²) < 4.78 is 93.5. The summed E-state index contributed by atoms with van der Waals surface area (Å²) in [4.78, 5) is 0. The van der Waals surface area contributed by atoms with E-state index in [1.807, 2.05) is 0 Å². The third-order valence-electron chi connectivity index (χ3n) is 3.93. The summed E-state index contributed by atoms with van der Waals surface area (Å²) in [6, 6.07) is 3.39. The molecule has 2 aromatic rings. The maximum absolute atomic E-state index is 13.0. The van der Waals surface area contributed by atoms with Crippen LogP contribution in [-0.2, 0) is 12.4 Å². The Morgan fingerprint density at radius 2 is 1.07 bits per heavy atom. The van der Waals surface area contributed by atoms with Gasteiger partial charge in [0.1, 0.15) is 6.10 Å². The van der Waals surface area contributed by atoms with E-state index in [0.717, 1.165) is 0 Å². The number of rotatable bonds is 5. The first kappa shape index (κ1) is 21.7. The zero-order valence-corrected chi connectivity index (χ0v) is 14.9. The molecule has 0 aliphatic heterocycles. The van der Waals surface area contributed by atoms with Crippen molar-refractivity contribution in [2.75, 3.05) is 21.3 Å². The van der Waals surface area contributed by atoms with Gasteiger partial charge in [-0.15, -0.1) is 0 Å². The third-order valence-corrected chi connectivity index (χ3v) is 3.93. The number of benzene rings is 2. The molecule has 2 aromatic carbocycles. The predicted molar refractivity (Wildman–Crippen MR) is 86.6 cm³/mol. The number of alkyl halides is 6. The first-order valence-corrected chi connectivity index (χ1v) is 7.69. The van der Waals surface area contributed by atoms with Crippen LogP contribution in [0.4, 0.5) is 26.3 Å². The fourth-order valence-corrected chi connectivity index (χ4v) is 2.59. The van der Waals surface area contributed by atoms with E-state index >= 15 is 0 Å². The molecule has 0 aliphatic rings. The van der Waals surface area contributed by atoms with Crippen LogP contribution >= 0.6 is 0 Å². The summed E-state index contributed by atoms with van der Waals surface area (Å²) in [5, 5.41) is 10.5. The first-order valence-electron chi connectivity index (χ1n) is 7.69. The minimum atomic E-state index is -5.02. The van der Waals surface area contributed by atoms with Crippen LogP contribution in [0.25, 0.3) is 0 Å². The van der Waals surface area contributed by atoms with Gasteiger partial charge < -0.3 is 19.3 Å². The third kappa shape index (κ3) is 4.44. The van der Waals surface area contributed by atoms with E-state index in [9.17, 15) is 31.4 Å². The summed E-state index contributed by atoms with van der Waals surface area (Å²) >= 11 is 0. The molecule has 28 heavy (non-hydrogen) atoms. The molecule has 0 fully saturated rings. The summed E-state index contributed by atoms with van der Waals surface area (Å²) in [5.74, 6) is 0.318. The van der Waals surface area contributed by atoms with Gasteiger partial charge in [-0.3, -0.25) is 0 Å². The highest BCUT2D eigenvalue weighted by Crippen LogP contribution is 2.42. The molecular formula is C18H16F6O4. The molecule has 0 saturated heterocycles. The Bertz CT molecular complexity index is 788. The standard InChI is InChI=1S/C18H16F6O4/c1-26-13-6-10(7-14(27-2)16(13)28-3)15(25)9-4-11(17(19,20)21)8-12(5-9)18(22,23)24/h4-8,15,25H,1-3H3. The molecule has 10 heteroatoms. The Morgan fingerprint density at radius 3 is 1.39 bits per heavy atom. The van der Waals surface area contributed by atoms with Crippen LogP contribution in [0.3, 0.4) is 0 Å². The molecular weight excluding hydrogens is 394 g/mol. The van der Waals surface area contributed by atoms with Crippen LogP contribution < -0.4 is 14.2 Å². The molecule has 0 radical (unpaired) electrons. The van der Waals surface area contributed by atoms with Gasteiger partial charge in [-0.25, -0.2) is 0 Å². The van der Waals surface area contributed by atoms with Crippen LogP contribution in [0.1, 0.15) is 28.4 Å². The smallest absolute Gasteiger partial charge is 0.416 e. The molecule has 0 bridgehead atoms. The highest BCUT2D eigenvalue weighted by atomic mass is 19.4. The van der Waals surface area contributed by atoms with Crippen LogP contribution in [0, 0.1) is 0 Å². The van der Waals surface area contributed by atoms with Crippen molar-refractivity contribution >= 4 is 0 Å². The summed E-state index contributed by atoms with van der Waals surface area (Å²) in [7, 11) is 3.87. The number of hydrogen-bond acceptors (Lipinski definition) is 4. The van der Waals surface area contributed by atoms with Gasteiger partial charge in [0.15, 0.2) is 11.5 Å². The van der Waals surface area contributed by atoms with Gasteiger partial charge in [-0.1, -0.05) is 0 Å². The van der Waals surface area contributed by atoms with E-state index in [1.165, 1.54) is 33.5 Å². The molecule has 1 unspecified atom stereocenters. The van der Waals surface area contributed by atoms with E-state index in [1.54, 1.807) is 0 Å². The van der Waals surface area contributed by atoms with Gasteiger partial charge in [0, 0.05) is 0 Å². The van der Waals surface area contributed by atoms with Crippen LogP contribution in [-0.4, -0.2) is 26.4 Å². The van der Waals surface area contributed by atoms with Crippen molar-refractivity contribution in [3.8, 4) is 17.2 Å². The van der Waals surface area contributed by atoms with Gasteiger partial charge in [0.05, 0.1) is 32.5 Å². The number of aliphatic hydroxyl groups excluding tert-OH is 1. The van der Waals surface area contributed by atoms with Crippen molar-refractivity contribution < 1.29 is 45.7 Å². The number of aliphatic hydroxyl groups is 1. The monoisotopic (exact) mass is 410 g/mol. The second-order valence-corrected chi connectivity index (χ2v) is 5.70. The SMILES string of the molecule is COc1cc(C(O)c2cc(C(F)(F)F)cc(C(F)(F)F)c2)cc(OC)c1OC. The van der Waals surface area contributed by atoms with Crippen molar-refractivity contribution in [1.29, 1.82) is 0 Å².